The van der Waals surface area contributed by atoms with Gasteiger partial charge in [0.2, 0.25) is 0 Å². The second-order valence-corrected chi connectivity index (χ2v) is 19.7. The topological polar surface area (TPSA) is 16.4 Å². The molecule has 0 saturated heterocycles. The molecule has 6 atom stereocenters. The first-order valence-electron chi connectivity index (χ1n) is 22.2. The molecule has 4 bridgehead atoms. The Labute approximate surface area is 346 Å². The second kappa shape index (κ2) is 11.2. The van der Waals surface area contributed by atoms with E-state index in [1.54, 1.807) is 11.1 Å². The molecule has 5 saturated carbocycles. The Morgan fingerprint density at radius 1 is 0.542 bits per heavy atom. The maximum Gasteiger partial charge on any atom is 0.136 e. The summed E-state index contributed by atoms with van der Waals surface area (Å²) < 4.78 is 6.33. The third-order valence-corrected chi connectivity index (χ3v) is 17.0. The zero-order valence-electron chi connectivity index (χ0n) is 33.8. The highest BCUT2D eigenvalue weighted by Crippen LogP contribution is 2.83. The molecule has 2 heteroatoms. The van der Waals surface area contributed by atoms with Crippen LogP contribution >= 0.6 is 0 Å². The Balaban J connectivity index is 0.970. The minimum atomic E-state index is -0.0964. The molecule has 7 aromatic carbocycles. The molecular weight excluding hydrogens is 715 g/mol. The van der Waals surface area contributed by atoms with Gasteiger partial charge in [0.05, 0.1) is 5.69 Å². The number of nitrogens with zero attached hydrogens (tertiary/aromatic N) is 1. The first-order valence-corrected chi connectivity index (χ1v) is 22.2. The van der Waals surface area contributed by atoms with Crippen molar-refractivity contribution in [1.29, 1.82) is 0 Å². The molecule has 0 radical (unpaired) electrons. The number of hydrogen-bond donors (Lipinski definition) is 0. The van der Waals surface area contributed by atoms with Crippen molar-refractivity contribution < 1.29 is 4.42 Å². The Morgan fingerprint density at radius 3 is 2.17 bits per heavy atom. The molecule has 59 heavy (non-hydrogen) atoms. The number of rotatable bonds is 4. The highest BCUT2D eigenvalue weighted by atomic mass is 16.3. The van der Waals surface area contributed by atoms with E-state index in [1.165, 1.54) is 105 Å². The van der Waals surface area contributed by atoms with Crippen molar-refractivity contribution in [3.63, 3.8) is 0 Å². The minimum absolute atomic E-state index is 0.0964. The van der Waals surface area contributed by atoms with E-state index in [0.717, 1.165) is 40.2 Å². The average Bonchev–Trinajstić information content (AvgIpc) is 3.92. The Morgan fingerprint density at radius 2 is 1.27 bits per heavy atom. The van der Waals surface area contributed by atoms with Crippen molar-refractivity contribution in [2.75, 3.05) is 4.90 Å². The number of anilines is 3. The zero-order chi connectivity index (χ0) is 38.8. The molecule has 0 N–H and O–H groups in total. The summed E-state index contributed by atoms with van der Waals surface area (Å²) in [6.07, 6.45) is 8.55. The van der Waals surface area contributed by atoms with Crippen LogP contribution in [0.2, 0.25) is 0 Å². The lowest BCUT2D eigenvalue weighted by Gasteiger charge is -2.64. The fourth-order valence-electron chi connectivity index (χ4n) is 14.9. The molecule has 2 spiro atoms. The van der Waals surface area contributed by atoms with E-state index in [4.69, 9.17) is 4.42 Å². The lowest BCUT2D eigenvalue weighted by molar-refractivity contribution is -0.119. The van der Waals surface area contributed by atoms with E-state index in [1.807, 2.05) is 6.07 Å². The number of benzene rings is 7. The highest BCUT2D eigenvalue weighted by molar-refractivity contribution is 6.06. The first kappa shape index (κ1) is 33.0. The Hall–Kier alpha value is -5.86. The molecule has 5 fully saturated rings. The number of furan rings is 1. The maximum atomic E-state index is 6.33. The smallest absolute Gasteiger partial charge is 0.136 e. The van der Waals surface area contributed by atoms with Gasteiger partial charge in [-0.25, -0.2) is 0 Å². The zero-order valence-corrected chi connectivity index (χ0v) is 33.8. The summed E-state index contributed by atoms with van der Waals surface area (Å²) in [6, 6.07) is 57.8. The maximum absolute atomic E-state index is 6.33. The summed E-state index contributed by atoms with van der Waals surface area (Å²) in [5, 5.41) is 2.33. The van der Waals surface area contributed by atoms with Gasteiger partial charge in [0.25, 0.3) is 0 Å². The van der Waals surface area contributed by atoms with E-state index < -0.39 is 0 Å². The summed E-state index contributed by atoms with van der Waals surface area (Å²) in [4.78, 5) is 2.60. The van der Waals surface area contributed by atoms with Gasteiger partial charge in [0, 0.05) is 38.5 Å². The summed E-state index contributed by atoms with van der Waals surface area (Å²) in [5.41, 5.74) is 20.1. The lowest BCUT2D eigenvalue weighted by Crippen LogP contribution is -2.59. The standard InChI is InChI=1S/C57H47NO/c1-55(2)46-13-6-3-10-41(46)42-27-25-40(31-50(42)55)58(39-23-19-35(20-24-39)36-21-26-44-43-11-5-8-17-52(43)59-53(44)29-36)51-16-9-15-48-54(51)45-12-4-7-14-47(45)57(48)38-22-18-34-28-37-33-56(57,32-34)49(37)30-38/h3-17,19-21,23-27,29,31,34,37-38,49H,18,22,28,30,32-33H2,1-2H3. The van der Waals surface area contributed by atoms with Crippen LogP contribution in [0.15, 0.2) is 156 Å². The second-order valence-electron chi connectivity index (χ2n) is 19.7. The van der Waals surface area contributed by atoms with Crippen LogP contribution < -0.4 is 4.90 Å². The fraction of sp³-hybridized carbons (Fsp3) is 0.263. The van der Waals surface area contributed by atoms with E-state index >= 15 is 0 Å². The predicted molar refractivity (Wildman–Crippen MR) is 242 cm³/mol. The van der Waals surface area contributed by atoms with Crippen LogP contribution in [0.3, 0.4) is 0 Å². The lowest BCUT2D eigenvalue weighted by atomic mass is 9.39. The normalized spacial score (nSPS) is 27.0. The van der Waals surface area contributed by atoms with Crippen LogP contribution in [0.25, 0.3) is 55.3 Å². The fourth-order valence-corrected chi connectivity index (χ4v) is 14.9. The largest absolute Gasteiger partial charge is 0.456 e. The molecule has 1 heterocycles. The number of para-hydroxylation sites is 1. The van der Waals surface area contributed by atoms with Gasteiger partial charge in [-0.1, -0.05) is 123 Å². The quantitative estimate of drug-likeness (QED) is 0.178. The molecule has 7 aliphatic carbocycles. The summed E-state index contributed by atoms with van der Waals surface area (Å²) in [6.45, 7) is 4.81. The third-order valence-electron chi connectivity index (χ3n) is 17.0. The molecule has 15 rings (SSSR count). The van der Waals surface area contributed by atoms with Crippen molar-refractivity contribution in [3.8, 4) is 33.4 Å². The van der Waals surface area contributed by atoms with Crippen LogP contribution in [-0.4, -0.2) is 0 Å². The molecule has 0 aliphatic heterocycles. The molecule has 7 aliphatic rings. The van der Waals surface area contributed by atoms with Gasteiger partial charge in [-0.3, -0.25) is 0 Å². The number of hydrogen-bond acceptors (Lipinski definition) is 2. The van der Waals surface area contributed by atoms with Gasteiger partial charge in [-0.15, -0.1) is 0 Å². The average molecular weight is 762 g/mol. The van der Waals surface area contributed by atoms with E-state index in [2.05, 4.69) is 164 Å². The van der Waals surface area contributed by atoms with Crippen LogP contribution in [0.5, 0.6) is 0 Å². The number of fused-ring (bicyclic) bond motifs is 9. The first-order chi connectivity index (χ1) is 28.9. The molecule has 286 valence electrons. The van der Waals surface area contributed by atoms with Crippen LogP contribution in [0.4, 0.5) is 17.1 Å². The van der Waals surface area contributed by atoms with Crippen LogP contribution in [0, 0.1) is 29.1 Å². The summed E-state index contributed by atoms with van der Waals surface area (Å²) in [5.74, 6) is 3.45. The minimum Gasteiger partial charge on any atom is -0.456 e. The van der Waals surface area contributed by atoms with Crippen molar-refractivity contribution in [2.45, 2.75) is 63.2 Å². The Kier molecular flexibility index (Phi) is 6.29. The summed E-state index contributed by atoms with van der Waals surface area (Å²) >= 11 is 0. The van der Waals surface area contributed by atoms with Gasteiger partial charge < -0.3 is 9.32 Å². The summed E-state index contributed by atoms with van der Waals surface area (Å²) in [7, 11) is 0. The molecule has 2 nitrogen and oxygen atoms in total. The van der Waals surface area contributed by atoms with Crippen molar-refractivity contribution >= 4 is 39.0 Å². The monoisotopic (exact) mass is 761 g/mol. The molecular formula is C57H47NO. The van der Waals surface area contributed by atoms with Crippen LogP contribution in [0.1, 0.15) is 74.6 Å². The third kappa shape index (κ3) is 3.99. The predicted octanol–water partition coefficient (Wildman–Crippen LogP) is 15.1. The molecule has 0 amide bonds. The van der Waals surface area contributed by atoms with Crippen molar-refractivity contribution in [2.24, 2.45) is 29.1 Å². The van der Waals surface area contributed by atoms with Crippen molar-refractivity contribution in [3.05, 3.63) is 174 Å². The molecule has 6 unspecified atom stereocenters. The van der Waals surface area contributed by atoms with E-state index in [0.29, 0.717) is 5.41 Å². The van der Waals surface area contributed by atoms with Crippen molar-refractivity contribution in [1.82, 2.24) is 0 Å². The van der Waals surface area contributed by atoms with Gasteiger partial charge in [-0.2, -0.15) is 0 Å². The molecule has 8 aromatic rings. The highest BCUT2D eigenvalue weighted by Gasteiger charge is 2.76. The Bertz CT molecular complexity index is 3090. The van der Waals surface area contributed by atoms with Gasteiger partial charge in [0.15, 0.2) is 0 Å². The van der Waals surface area contributed by atoms with Gasteiger partial charge in [0.1, 0.15) is 11.2 Å². The SMILES string of the molecule is CC1(C)c2ccccc2-c2ccc(N(c3ccc(-c4ccc5c(c4)oc4ccccc45)cc3)c3cccc4c3-c3ccccc3C43C4CCC5CC6CC3(C5)C6C4)cc21. The van der Waals surface area contributed by atoms with E-state index in [9.17, 15) is 0 Å². The van der Waals surface area contributed by atoms with Gasteiger partial charge >= 0.3 is 0 Å². The van der Waals surface area contributed by atoms with Crippen LogP contribution in [-0.2, 0) is 10.8 Å². The van der Waals surface area contributed by atoms with Gasteiger partial charge in [-0.05, 0) is 160 Å². The molecule has 1 aromatic heterocycles. The van der Waals surface area contributed by atoms with E-state index in [-0.39, 0.29) is 10.8 Å².